The molecule has 2 N–H and O–H groups in total. The number of hydrogen-bond acceptors (Lipinski definition) is 7. The molecule has 0 saturated heterocycles. The van der Waals surface area contributed by atoms with Gasteiger partial charge in [-0.3, -0.25) is 4.90 Å². The number of anilines is 3. The van der Waals surface area contributed by atoms with E-state index in [1.165, 1.54) is 12.0 Å². The van der Waals surface area contributed by atoms with Gasteiger partial charge >= 0.3 is 6.09 Å². The molecular formula is C19H21N5O3S. The van der Waals surface area contributed by atoms with Crippen molar-refractivity contribution >= 4 is 34.8 Å². The number of nitrogens with one attached hydrogen (secondary N) is 1. The average Bonchev–Trinajstić information content (AvgIpc) is 3.19. The molecular weight excluding hydrogens is 378 g/mol. The number of carbonyl (C=O) groups is 1. The van der Waals surface area contributed by atoms with Crippen LogP contribution < -0.4 is 10.2 Å². The van der Waals surface area contributed by atoms with Gasteiger partial charge in [0.05, 0.1) is 28.7 Å². The molecule has 0 saturated carbocycles. The van der Waals surface area contributed by atoms with Gasteiger partial charge < -0.3 is 15.2 Å². The molecule has 0 unspecified atom stereocenters. The molecule has 2 heterocycles. The number of nitrogens with zero attached hydrogens (tertiary/aromatic N) is 4. The number of thiazole rings is 1. The van der Waals surface area contributed by atoms with E-state index in [9.17, 15) is 9.90 Å². The summed E-state index contributed by atoms with van der Waals surface area (Å²) in [4.78, 5) is 26.8. The van der Waals surface area contributed by atoms with E-state index >= 15 is 0 Å². The second-order valence-electron chi connectivity index (χ2n) is 5.84. The van der Waals surface area contributed by atoms with Crippen LogP contribution in [0.1, 0.15) is 11.9 Å². The van der Waals surface area contributed by atoms with E-state index in [1.54, 1.807) is 41.8 Å². The van der Waals surface area contributed by atoms with Crippen molar-refractivity contribution in [2.75, 3.05) is 30.5 Å². The largest absolute Gasteiger partial charge is 0.465 e. The maximum atomic E-state index is 11.4. The fraction of sp³-hybridized carbons (Fsp3) is 0.263. The van der Waals surface area contributed by atoms with E-state index < -0.39 is 6.09 Å². The number of ether oxygens (including phenoxy) is 1. The van der Waals surface area contributed by atoms with Crippen molar-refractivity contribution in [3.8, 4) is 10.6 Å². The summed E-state index contributed by atoms with van der Waals surface area (Å²) in [6.45, 7) is 2.66. The normalized spacial score (nSPS) is 10.6. The van der Waals surface area contributed by atoms with Crippen molar-refractivity contribution in [2.24, 2.45) is 0 Å². The van der Waals surface area contributed by atoms with Gasteiger partial charge in [0.2, 0.25) is 5.95 Å². The van der Waals surface area contributed by atoms with Crippen molar-refractivity contribution in [3.63, 3.8) is 0 Å². The van der Waals surface area contributed by atoms with Gasteiger partial charge in [0, 0.05) is 30.9 Å². The second-order valence-corrected chi connectivity index (χ2v) is 6.95. The summed E-state index contributed by atoms with van der Waals surface area (Å²) in [6.07, 6.45) is 3.39. The molecule has 1 amide bonds. The first-order chi connectivity index (χ1) is 13.6. The Bertz CT molecular complexity index is 929. The fourth-order valence-corrected chi connectivity index (χ4v) is 3.35. The summed E-state index contributed by atoms with van der Waals surface area (Å²) in [5, 5.41) is 13.6. The minimum atomic E-state index is -1.02. The SMILES string of the molecule is CCc1ncc(-c2ccnc(Nc3ccc(N(CCOC)C(=O)O)cc3)n2)s1. The summed E-state index contributed by atoms with van der Waals surface area (Å²) in [6, 6.07) is 8.88. The summed E-state index contributed by atoms with van der Waals surface area (Å²) in [7, 11) is 1.54. The first-order valence-corrected chi connectivity index (χ1v) is 9.57. The van der Waals surface area contributed by atoms with Crippen LogP contribution in [0.2, 0.25) is 0 Å². The third kappa shape index (κ3) is 4.81. The maximum Gasteiger partial charge on any atom is 0.411 e. The average molecular weight is 399 g/mol. The number of benzene rings is 1. The first-order valence-electron chi connectivity index (χ1n) is 8.75. The molecule has 0 fully saturated rings. The van der Waals surface area contributed by atoms with E-state index in [2.05, 4.69) is 27.2 Å². The second kappa shape index (κ2) is 9.25. The zero-order chi connectivity index (χ0) is 19.9. The Labute approximate surface area is 166 Å². The Kier molecular flexibility index (Phi) is 6.51. The highest BCUT2D eigenvalue weighted by molar-refractivity contribution is 7.15. The topological polar surface area (TPSA) is 100 Å². The van der Waals surface area contributed by atoms with Gasteiger partial charge in [-0.15, -0.1) is 11.3 Å². The van der Waals surface area contributed by atoms with E-state index in [-0.39, 0.29) is 6.54 Å². The van der Waals surface area contributed by atoms with Crippen LogP contribution in [-0.4, -0.2) is 46.4 Å². The van der Waals surface area contributed by atoms with Crippen LogP contribution in [0.5, 0.6) is 0 Å². The lowest BCUT2D eigenvalue weighted by Crippen LogP contribution is -2.32. The van der Waals surface area contributed by atoms with Crippen LogP contribution in [0.4, 0.5) is 22.1 Å². The minimum absolute atomic E-state index is 0.262. The molecule has 0 bridgehead atoms. The van der Waals surface area contributed by atoms with Crippen LogP contribution in [-0.2, 0) is 11.2 Å². The Morgan fingerprint density at radius 2 is 2.04 bits per heavy atom. The number of rotatable bonds is 8. The van der Waals surface area contributed by atoms with E-state index in [1.807, 2.05) is 12.3 Å². The van der Waals surface area contributed by atoms with Crippen LogP contribution in [0.3, 0.4) is 0 Å². The predicted molar refractivity (Wildman–Crippen MR) is 109 cm³/mol. The molecule has 2 aromatic heterocycles. The first kappa shape index (κ1) is 19.7. The lowest BCUT2D eigenvalue weighted by molar-refractivity contribution is 0.186. The Morgan fingerprint density at radius 3 is 2.68 bits per heavy atom. The molecule has 0 radical (unpaired) electrons. The lowest BCUT2D eigenvalue weighted by atomic mass is 10.2. The van der Waals surface area contributed by atoms with Crippen molar-refractivity contribution in [1.29, 1.82) is 0 Å². The highest BCUT2D eigenvalue weighted by atomic mass is 32.1. The zero-order valence-corrected chi connectivity index (χ0v) is 16.4. The maximum absolute atomic E-state index is 11.4. The lowest BCUT2D eigenvalue weighted by Gasteiger charge is -2.19. The standard InChI is InChI=1S/C19H21N5O3S/c1-3-17-21-12-16(28-17)15-8-9-20-18(23-15)22-13-4-6-14(7-5-13)24(19(25)26)10-11-27-2/h4-9,12H,3,10-11H2,1-2H3,(H,25,26)(H,20,22,23). The van der Waals surface area contributed by atoms with Crippen molar-refractivity contribution in [1.82, 2.24) is 15.0 Å². The van der Waals surface area contributed by atoms with Crippen LogP contribution in [0.15, 0.2) is 42.7 Å². The van der Waals surface area contributed by atoms with Gasteiger partial charge in [-0.25, -0.2) is 19.7 Å². The molecule has 0 aliphatic rings. The Hall–Kier alpha value is -3.04. The Morgan fingerprint density at radius 1 is 1.25 bits per heavy atom. The summed E-state index contributed by atoms with van der Waals surface area (Å²) in [5.41, 5.74) is 2.14. The Balaban J connectivity index is 1.73. The van der Waals surface area contributed by atoms with Crippen LogP contribution in [0, 0.1) is 0 Å². The molecule has 1 aromatic carbocycles. The van der Waals surface area contributed by atoms with Gasteiger partial charge in [0.25, 0.3) is 0 Å². The van der Waals surface area contributed by atoms with Crippen molar-refractivity contribution < 1.29 is 14.6 Å². The van der Waals surface area contributed by atoms with Gasteiger partial charge in [-0.05, 0) is 36.8 Å². The molecule has 28 heavy (non-hydrogen) atoms. The molecule has 0 aliphatic carbocycles. The zero-order valence-electron chi connectivity index (χ0n) is 15.6. The van der Waals surface area contributed by atoms with Gasteiger partial charge in [0.1, 0.15) is 0 Å². The highest BCUT2D eigenvalue weighted by Gasteiger charge is 2.14. The minimum Gasteiger partial charge on any atom is -0.465 e. The molecule has 9 heteroatoms. The van der Waals surface area contributed by atoms with Gasteiger partial charge in [-0.1, -0.05) is 6.92 Å². The van der Waals surface area contributed by atoms with E-state index in [0.29, 0.717) is 18.2 Å². The summed E-state index contributed by atoms with van der Waals surface area (Å²) in [5.74, 6) is 0.464. The van der Waals surface area contributed by atoms with Crippen LogP contribution >= 0.6 is 11.3 Å². The third-order valence-electron chi connectivity index (χ3n) is 3.95. The molecule has 0 spiro atoms. The number of aromatic nitrogens is 3. The smallest absolute Gasteiger partial charge is 0.411 e. The van der Waals surface area contributed by atoms with Gasteiger partial charge in [0.15, 0.2) is 0 Å². The van der Waals surface area contributed by atoms with Crippen molar-refractivity contribution in [2.45, 2.75) is 13.3 Å². The molecule has 3 rings (SSSR count). The molecule has 8 nitrogen and oxygen atoms in total. The van der Waals surface area contributed by atoms with E-state index in [0.717, 1.165) is 27.7 Å². The molecule has 3 aromatic rings. The molecule has 146 valence electrons. The number of hydrogen-bond donors (Lipinski definition) is 2. The number of amides is 1. The number of methoxy groups -OCH3 is 1. The monoisotopic (exact) mass is 399 g/mol. The summed E-state index contributed by atoms with van der Waals surface area (Å²) < 4.78 is 4.97. The number of aryl methyl sites for hydroxylation is 1. The fourth-order valence-electron chi connectivity index (χ4n) is 2.52. The summed E-state index contributed by atoms with van der Waals surface area (Å²) >= 11 is 1.61. The number of carboxylic acid groups (broad SMARTS) is 1. The van der Waals surface area contributed by atoms with Gasteiger partial charge in [-0.2, -0.15) is 0 Å². The molecule has 0 atom stereocenters. The quantitative estimate of drug-likeness (QED) is 0.589. The van der Waals surface area contributed by atoms with Crippen LogP contribution in [0.25, 0.3) is 10.6 Å². The third-order valence-corrected chi connectivity index (χ3v) is 5.11. The van der Waals surface area contributed by atoms with Crippen molar-refractivity contribution in [3.05, 3.63) is 47.7 Å². The highest BCUT2D eigenvalue weighted by Crippen LogP contribution is 2.26. The molecule has 0 aliphatic heterocycles. The van der Waals surface area contributed by atoms with E-state index in [4.69, 9.17) is 4.74 Å². The predicted octanol–water partition coefficient (Wildman–Crippen LogP) is 4.04.